The predicted molar refractivity (Wildman–Crippen MR) is 125 cm³/mol. The van der Waals surface area contributed by atoms with Gasteiger partial charge in [-0.15, -0.1) is 0 Å². The van der Waals surface area contributed by atoms with Gasteiger partial charge in [-0.2, -0.15) is 0 Å². The van der Waals surface area contributed by atoms with Crippen molar-refractivity contribution in [3.63, 3.8) is 0 Å². The van der Waals surface area contributed by atoms with E-state index in [1.807, 2.05) is 95.5 Å². The van der Waals surface area contributed by atoms with Crippen LogP contribution in [0.4, 0.5) is 5.82 Å². The maximum absolute atomic E-state index is 13.1. The molecule has 0 aliphatic rings. The van der Waals surface area contributed by atoms with E-state index >= 15 is 0 Å². The van der Waals surface area contributed by atoms with E-state index in [0.717, 1.165) is 28.0 Å². The molecule has 5 rings (SSSR count). The average Bonchev–Trinajstić information content (AvgIpc) is 3.18. The summed E-state index contributed by atoms with van der Waals surface area (Å²) in [5, 5.41) is 3.08. The number of fused-ring (bicyclic) bond motifs is 1. The monoisotopic (exact) mass is 403 g/mol. The van der Waals surface area contributed by atoms with Crippen LogP contribution in [-0.2, 0) is 0 Å². The first kappa shape index (κ1) is 18.8. The first-order valence-corrected chi connectivity index (χ1v) is 10.2. The van der Waals surface area contributed by atoms with E-state index in [0.29, 0.717) is 11.4 Å². The molecule has 1 amide bonds. The van der Waals surface area contributed by atoms with Crippen LogP contribution in [0.1, 0.15) is 15.9 Å². The Labute approximate surface area is 180 Å². The number of aryl methyl sites for hydroxylation is 1. The fourth-order valence-corrected chi connectivity index (χ4v) is 3.65. The minimum atomic E-state index is -0.168. The Morgan fingerprint density at radius 1 is 0.742 bits per heavy atom. The molecule has 0 bridgehead atoms. The first-order chi connectivity index (χ1) is 15.2. The summed E-state index contributed by atoms with van der Waals surface area (Å²) < 4.78 is 1.91. The zero-order chi connectivity index (χ0) is 21.2. The minimum absolute atomic E-state index is 0.168. The van der Waals surface area contributed by atoms with E-state index in [2.05, 4.69) is 24.4 Å². The summed E-state index contributed by atoms with van der Waals surface area (Å²) >= 11 is 0. The van der Waals surface area contributed by atoms with E-state index in [1.165, 1.54) is 5.56 Å². The second-order valence-electron chi connectivity index (χ2n) is 7.50. The van der Waals surface area contributed by atoms with Crippen LogP contribution in [0.3, 0.4) is 0 Å². The Morgan fingerprint density at radius 2 is 1.39 bits per heavy atom. The van der Waals surface area contributed by atoms with Crippen LogP contribution in [0.25, 0.3) is 28.0 Å². The predicted octanol–water partition coefficient (Wildman–Crippen LogP) is 6.23. The molecule has 2 aromatic heterocycles. The van der Waals surface area contributed by atoms with Gasteiger partial charge in [0.15, 0.2) is 0 Å². The lowest BCUT2D eigenvalue weighted by atomic mass is 10.0. The molecule has 0 saturated heterocycles. The number of amides is 1. The fourth-order valence-electron chi connectivity index (χ4n) is 3.65. The van der Waals surface area contributed by atoms with Gasteiger partial charge in [-0.05, 0) is 42.3 Å². The molecule has 0 fully saturated rings. The van der Waals surface area contributed by atoms with Crippen LogP contribution in [0, 0.1) is 6.92 Å². The van der Waals surface area contributed by atoms with Crippen LogP contribution >= 0.6 is 0 Å². The van der Waals surface area contributed by atoms with Crippen molar-refractivity contribution in [3.05, 3.63) is 114 Å². The van der Waals surface area contributed by atoms with Crippen LogP contribution < -0.4 is 5.32 Å². The quantitative estimate of drug-likeness (QED) is 0.387. The van der Waals surface area contributed by atoms with Crippen molar-refractivity contribution in [1.82, 2.24) is 9.38 Å². The lowest BCUT2D eigenvalue weighted by molar-refractivity contribution is 0.102. The SMILES string of the molecule is Cc1ccc(-c2nc3ccccn3c2NC(=O)c2ccc(-c3ccccc3)cc2)cc1. The van der Waals surface area contributed by atoms with Gasteiger partial charge in [0.05, 0.1) is 0 Å². The van der Waals surface area contributed by atoms with Gasteiger partial charge in [0.25, 0.3) is 5.91 Å². The largest absolute Gasteiger partial charge is 0.306 e. The third-order valence-corrected chi connectivity index (χ3v) is 5.34. The third-order valence-electron chi connectivity index (χ3n) is 5.34. The molecule has 3 aromatic carbocycles. The number of anilines is 1. The fraction of sp³-hybridized carbons (Fsp3) is 0.0370. The van der Waals surface area contributed by atoms with Gasteiger partial charge in [0.2, 0.25) is 0 Å². The molecule has 0 atom stereocenters. The summed E-state index contributed by atoms with van der Waals surface area (Å²) in [5.74, 6) is 0.496. The van der Waals surface area contributed by atoms with Crippen LogP contribution in [0.15, 0.2) is 103 Å². The number of nitrogens with zero attached hydrogens (tertiary/aromatic N) is 2. The Hall–Kier alpha value is -4.18. The van der Waals surface area contributed by atoms with E-state index in [9.17, 15) is 4.79 Å². The van der Waals surface area contributed by atoms with E-state index < -0.39 is 0 Å². The number of aromatic nitrogens is 2. The molecule has 0 aliphatic heterocycles. The van der Waals surface area contributed by atoms with E-state index in [4.69, 9.17) is 4.98 Å². The highest BCUT2D eigenvalue weighted by atomic mass is 16.1. The number of carbonyl (C=O) groups is 1. The first-order valence-electron chi connectivity index (χ1n) is 10.2. The molecule has 150 valence electrons. The third kappa shape index (κ3) is 3.71. The molecule has 0 radical (unpaired) electrons. The Morgan fingerprint density at radius 3 is 2.13 bits per heavy atom. The number of pyridine rings is 1. The lowest BCUT2D eigenvalue weighted by Gasteiger charge is -2.09. The summed E-state index contributed by atoms with van der Waals surface area (Å²) in [6, 6.07) is 31.7. The van der Waals surface area contributed by atoms with Gasteiger partial charge in [0.1, 0.15) is 17.2 Å². The van der Waals surface area contributed by atoms with Crippen LogP contribution in [-0.4, -0.2) is 15.3 Å². The summed E-state index contributed by atoms with van der Waals surface area (Å²) in [6.45, 7) is 2.05. The molecule has 5 aromatic rings. The molecular formula is C27H21N3O. The number of imidazole rings is 1. The molecule has 0 aliphatic carbocycles. The average molecular weight is 403 g/mol. The minimum Gasteiger partial charge on any atom is -0.306 e. The van der Waals surface area contributed by atoms with Crippen molar-refractivity contribution >= 4 is 17.4 Å². The molecule has 4 nitrogen and oxygen atoms in total. The van der Waals surface area contributed by atoms with E-state index in [-0.39, 0.29) is 5.91 Å². The number of nitrogens with one attached hydrogen (secondary N) is 1. The molecule has 0 saturated carbocycles. The van der Waals surface area contributed by atoms with Crippen molar-refractivity contribution in [2.45, 2.75) is 6.92 Å². The highest BCUT2D eigenvalue weighted by Crippen LogP contribution is 2.29. The number of hydrogen-bond donors (Lipinski definition) is 1. The molecule has 2 heterocycles. The van der Waals surface area contributed by atoms with Gasteiger partial charge >= 0.3 is 0 Å². The highest BCUT2D eigenvalue weighted by Gasteiger charge is 2.17. The number of hydrogen-bond acceptors (Lipinski definition) is 2. The van der Waals surface area contributed by atoms with Crippen molar-refractivity contribution in [3.8, 4) is 22.4 Å². The van der Waals surface area contributed by atoms with Gasteiger partial charge in [0, 0.05) is 17.3 Å². The number of benzene rings is 3. The van der Waals surface area contributed by atoms with Crippen LogP contribution in [0.5, 0.6) is 0 Å². The Balaban J connectivity index is 1.49. The van der Waals surface area contributed by atoms with Crippen molar-refractivity contribution in [1.29, 1.82) is 0 Å². The maximum Gasteiger partial charge on any atom is 0.256 e. The van der Waals surface area contributed by atoms with E-state index in [1.54, 1.807) is 0 Å². The smallest absolute Gasteiger partial charge is 0.256 e. The topological polar surface area (TPSA) is 46.4 Å². The van der Waals surface area contributed by atoms with Gasteiger partial charge in [-0.3, -0.25) is 9.20 Å². The molecule has 4 heteroatoms. The molecule has 0 spiro atoms. The normalized spacial score (nSPS) is 10.9. The van der Waals surface area contributed by atoms with Crippen molar-refractivity contribution in [2.75, 3.05) is 5.32 Å². The van der Waals surface area contributed by atoms with Gasteiger partial charge in [-0.25, -0.2) is 4.98 Å². The summed E-state index contributed by atoms with van der Waals surface area (Å²) in [6.07, 6.45) is 1.91. The molecule has 0 unspecified atom stereocenters. The zero-order valence-corrected chi connectivity index (χ0v) is 17.1. The highest BCUT2D eigenvalue weighted by molar-refractivity contribution is 6.06. The molecule has 31 heavy (non-hydrogen) atoms. The summed E-state index contributed by atoms with van der Waals surface area (Å²) in [7, 11) is 0. The van der Waals surface area contributed by atoms with Gasteiger partial charge in [-0.1, -0.05) is 78.4 Å². The van der Waals surface area contributed by atoms with Crippen molar-refractivity contribution < 1.29 is 4.79 Å². The van der Waals surface area contributed by atoms with Gasteiger partial charge < -0.3 is 5.32 Å². The van der Waals surface area contributed by atoms with Crippen LogP contribution in [0.2, 0.25) is 0 Å². The number of carbonyl (C=O) groups excluding carboxylic acids is 1. The summed E-state index contributed by atoms with van der Waals surface area (Å²) in [4.78, 5) is 17.9. The Bertz CT molecular complexity index is 1350. The summed E-state index contributed by atoms with van der Waals surface area (Å²) in [5.41, 5.74) is 6.47. The second kappa shape index (κ2) is 7.92. The zero-order valence-electron chi connectivity index (χ0n) is 17.1. The lowest BCUT2D eigenvalue weighted by Crippen LogP contribution is -2.14. The van der Waals surface area contributed by atoms with Crippen molar-refractivity contribution in [2.24, 2.45) is 0 Å². The standard InChI is InChI=1S/C27H21N3O/c1-19-10-12-22(13-11-19)25-26(30-18-6-5-9-24(30)28-25)29-27(31)23-16-14-21(15-17-23)20-7-3-2-4-8-20/h2-18H,1H3,(H,29,31). The molecular weight excluding hydrogens is 382 g/mol. The molecule has 1 N–H and O–H groups in total. The second-order valence-corrected chi connectivity index (χ2v) is 7.50. The maximum atomic E-state index is 13.1. The number of rotatable bonds is 4. The Kier molecular flexibility index (Phi) is 4.81.